The van der Waals surface area contributed by atoms with Crippen LogP contribution in [0.1, 0.15) is 6.92 Å². The molecule has 0 aromatic carbocycles. The van der Waals surface area contributed by atoms with Crippen molar-refractivity contribution in [3.05, 3.63) is 0 Å². The van der Waals surface area contributed by atoms with E-state index >= 15 is 0 Å². The predicted octanol–water partition coefficient (Wildman–Crippen LogP) is -1.99. The molecular formula is C10H25N5O2S. The van der Waals surface area contributed by atoms with Crippen LogP contribution < -0.4 is 15.8 Å². The number of nitrogens with two attached hydrogens (primary N) is 1. The molecule has 2 aliphatic heterocycles. The van der Waals surface area contributed by atoms with E-state index in [1.54, 1.807) is 0 Å². The molecule has 0 radical (unpaired) electrons. The molecular weight excluding hydrogens is 254 g/mol. The monoisotopic (exact) mass is 279 g/mol. The fourth-order valence-corrected chi connectivity index (χ4v) is 2.53. The third-order valence-corrected chi connectivity index (χ3v) is 4.35. The van der Waals surface area contributed by atoms with Crippen LogP contribution in [0.15, 0.2) is 0 Å². The van der Waals surface area contributed by atoms with Crippen LogP contribution >= 0.6 is 0 Å². The van der Waals surface area contributed by atoms with Crippen LogP contribution in [0, 0.1) is 0 Å². The average molecular weight is 279 g/mol. The molecule has 2 fully saturated rings. The minimum absolute atomic E-state index is 0.485. The van der Waals surface area contributed by atoms with Crippen molar-refractivity contribution < 1.29 is 8.42 Å². The second-order valence-electron chi connectivity index (χ2n) is 4.73. The van der Waals surface area contributed by atoms with E-state index < -0.39 is 10.2 Å². The number of piperazine rings is 2. The zero-order valence-electron chi connectivity index (χ0n) is 11.2. The van der Waals surface area contributed by atoms with Gasteiger partial charge in [0.05, 0.1) is 0 Å². The number of nitrogens with zero attached hydrogens (tertiary/aromatic N) is 2. The summed E-state index contributed by atoms with van der Waals surface area (Å²) in [5, 5.41) is 11.2. The highest BCUT2D eigenvalue weighted by Crippen LogP contribution is 1.96. The van der Waals surface area contributed by atoms with E-state index in [4.69, 9.17) is 5.14 Å². The fourth-order valence-electron chi connectivity index (χ4n) is 1.84. The van der Waals surface area contributed by atoms with E-state index in [9.17, 15) is 8.42 Å². The van der Waals surface area contributed by atoms with E-state index in [2.05, 4.69) is 29.5 Å². The van der Waals surface area contributed by atoms with Gasteiger partial charge in [0.1, 0.15) is 0 Å². The van der Waals surface area contributed by atoms with Gasteiger partial charge in [-0.2, -0.15) is 12.7 Å². The Labute approximate surface area is 110 Å². The third kappa shape index (κ3) is 5.59. The lowest BCUT2D eigenvalue weighted by molar-refractivity contribution is 0.215. The molecule has 108 valence electrons. The summed E-state index contributed by atoms with van der Waals surface area (Å²) in [7, 11) is -1.26. The summed E-state index contributed by atoms with van der Waals surface area (Å²) in [6.45, 7) is 8.09. The molecule has 0 amide bonds. The van der Waals surface area contributed by atoms with Crippen molar-refractivity contribution in [2.75, 3.05) is 52.9 Å². The lowest BCUT2D eigenvalue weighted by Crippen LogP contribution is -2.48. The molecule has 0 spiro atoms. The summed E-state index contributed by atoms with van der Waals surface area (Å²) in [4.78, 5) is 2.37. The molecule has 0 aliphatic carbocycles. The van der Waals surface area contributed by atoms with Gasteiger partial charge in [0, 0.05) is 51.9 Å². The van der Waals surface area contributed by atoms with Gasteiger partial charge in [-0.3, -0.25) is 0 Å². The standard InChI is InChI=1S/C6H14N2.C4H11N3O2S/c1-6-5-7-3-4-8(6)2;5-10(8,9)7-3-1-6-2-4-7/h6-7H,3-5H2,1-2H3;6H,1-4H2,(H2,5,8,9). The van der Waals surface area contributed by atoms with Crippen molar-refractivity contribution in [3.63, 3.8) is 0 Å². The summed E-state index contributed by atoms with van der Waals surface area (Å²) >= 11 is 0. The Hall–Kier alpha value is -0.250. The van der Waals surface area contributed by atoms with Crippen LogP contribution in [-0.4, -0.2) is 76.5 Å². The van der Waals surface area contributed by atoms with Crippen LogP contribution in [0.4, 0.5) is 0 Å². The van der Waals surface area contributed by atoms with Gasteiger partial charge in [-0.15, -0.1) is 0 Å². The second kappa shape index (κ2) is 7.37. The molecule has 8 heteroatoms. The summed E-state index contributed by atoms with van der Waals surface area (Å²) in [5.41, 5.74) is 0. The lowest BCUT2D eigenvalue weighted by atomic mass is 10.2. The number of hydrogen-bond acceptors (Lipinski definition) is 5. The van der Waals surface area contributed by atoms with Gasteiger partial charge in [-0.05, 0) is 14.0 Å². The lowest BCUT2D eigenvalue weighted by Gasteiger charge is -2.29. The highest BCUT2D eigenvalue weighted by molar-refractivity contribution is 7.86. The van der Waals surface area contributed by atoms with E-state index in [0.717, 1.165) is 19.1 Å². The maximum atomic E-state index is 10.7. The van der Waals surface area contributed by atoms with Crippen LogP contribution in [0.2, 0.25) is 0 Å². The molecule has 4 N–H and O–H groups in total. The Kier molecular flexibility index (Phi) is 6.47. The van der Waals surface area contributed by atoms with Crippen molar-refractivity contribution in [1.82, 2.24) is 19.8 Å². The Bertz CT molecular complexity index is 319. The number of hydrogen-bond donors (Lipinski definition) is 3. The molecule has 18 heavy (non-hydrogen) atoms. The summed E-state index contributed by atoms with van der Waals surface area (Å²) < 4.78 is 22.6. The molecule has 0 aromatic rings. The van der Waals surface area contributed by atoms with Gasteiger partial charge in [-0.25, -0.2) is 5.14 Å². The number of rotatable bonds is 1. The highest BCUT2D eigenvalue weighted by atomic mass is 32.2. The molecule has 2 rings (SSSR count). The van der Waals surface area contributed by atoms with Crippen molar-refractivity contribution >= 4 is 10.2 Å². The SMILES string of the molecule is CC1CNCCN1C.NS(=O)(=O)N1CCNCC1. The zero-order chi connectivity index (χ0) is 13.6. The van der Waals surface area contributed by atoms with E-state index in [1.807, 2.05) is 0 Å². The first-order valence-corrected chi connectivity index (χ1v) is 7.81. The van der Waals surface area contributed by atoms with Gasteiger partial charge in [0.15, 0.2) is 0 Å². The summed E-state index contributed by atoms with van der Waals surface area (Å²) in [6, 6.07) is 0.726. The van der Waals surface area contributed by atoms with Crippen molar-refractivity contribution in [2.45, 2.75) is 13.0 Å². The first-order chi connectivity index (χ1) is 8.41. The van der Waals surface area contributed by atoms with Gasteiger partial charge >= 0.3 is 0 Å². The molecule has 1 unspecified atom stereocenters. The Morgan fingerprint density at radius 1 is 1.11 bits per heavy atom. The van der Waals surface area contributed by atoms with Crippen molar-refractivity contribution in [3.8, 4) is 0 Å². The Balaban J connectivity index is 0.000000184. The minimum Gasteiger partial charge on any atom is -0.314 e. The number of likely N-dealkylation sites (N-methyl/N-ethyl adjacent to an activating group) is 1. The van der Waals surface area contributed by atoms with Gasteiger partial charge < -0.3 is 15.5 Å². The third-order valence-electron chi connectivity index (χ3n) is 3.27. The topological polar surface area (TPSA) is 90.7 Å². The molecule has 7 nitrogen and oxygen atoms in total. The first-order valence-electron chi connectivity index (χ1n) is 6.31. The van der Waals surface area contributed by atoms with Crippen molar-refractivity contribution in [1.29, 1.82) is 0 Å². The zero-order valence-corrected chi connectivity index (χ0v) is 12.0. The largest absolute Gasteiger partial charge is 0.314 e. The Morgan fingerprint density at radius 2 is 1.67 bits per heavy atom. The molecule has 0 bridgehead atoms. The quantitative estimate of drug-likeness (QED) is 0.517. The predicted molar refractivity (Wildman–Crippen MR) is 72.5 cm³/mol. The number of nitrogens with one attached hydrogen (secondary N) is 2. The maximum absolute atomic E-state index is 10.7. The molecule has 2 aliphatic rings. The minimum atomic E-state index is -3.43. The molecule has 2 heterocycles. The molecule has 0 saturated carbocycles. The van der Waals surface area contributed by atoms with Crippen LogP contribution in [0.3, 0.4) is 0 Å². The van der Waals surface area contributed by atoms with E-state index in [-0.39, 0.29) is 0 Å². The smallest absolute Gasteiger partial charge is 0.276 e. The van der Waals surface area contributed by atoms with Crippen molar-refractivity contribution in [2.24, 2.45) is 5.14 Å². The average Bonchev–Trinajstić information content (AvgIpc) is 2.34. The van der Waals surface area contributed by atoms with Crippen LogP contribution in [0.5, 0.6) is 0 Å². The van der Waals surface area contributed by atoms with E-state index in [0.29, 0.717) is 26.2 Å². The highest BCUT2D eigenvalue weighted by Gasteiger charge is 2.18. The maximum Gasteiger partial charge on any atom is 0.276 e. The molecule has 1 atom stereocenters. The summed E-state index contributed by atoms with van der Waals surface area (Å²) in [5.74, 6) is 0. The van der Waals surface area contributed by atoms with Gasteiger partial charge in [0.2, 0.25) is 0 Å². The molecule has 0 aromatic heterocycles. The Morgan fingerprint density at radius 3 is 2.00 bits per heavy atom. The van der Waals surface area contributed by atoms with Gasteiger partial charge in [0.25, 0.3) is 10.2 Å². The molecule has 2 saturated heterocycles. The van der Waals surface area contributed by atoms with Gasteiger partial charge in [-0.1, -0.05) is 0 Å². The van der Waals surface area contributed by atoms with Crippen LogP contribution in [-0.2, 0) is 10.2 Å². The normalized spacial score (nSPS) is 27.4. The van der Waals surface area contributed by atoms with Crippen LogP contribution in [0.25, 0.3) is 0 Å². The fraction of sp³-hybridized carbons (Fsp3) is 1.00. The first kappa shape index (κ1) is 15.8. The summed E-state index contributed by atoms with van der Waals surface area (Å²) in [6.07, 6.45) is 0. The second-order valence-corrected chi connectivity index (χ2v) is 6.27. The van der Waals surface area contributed by atoms with E-state index in [1.165, 1.54) is 10.8 Å².